The third kappa shape index (κ3) is 3.78. The molecule has 0 bridgehead atoms. The Morgan fingerprint density at radius 1 is 1.32 bits per heavy atom. The fraction of sp³-hybridized carbons (Fsp3) is 0.533. The highest BCUT2D eigenvalue weighted by atomic mass is 16.3. The molecule has 1 aliphatic rings. The second kappa shape index (κ2) is 6.17. The van der Waals surface area contributed by atoms with Crippen LogP contribution < -0.4 is 11.1 Å². The number of carbonyl (C=O) groups is 1. The molecule has 0 heterocycles. The van der Waals surface area contributed by atoms with E-state index in [1.807, 2.05) is 30.3 Å². The van der Waals surface area contributed by atoms with Crippen LogP contribution in [-0.2, 0) is 11.2 Å². The molecule has 2 rings (SSSR count). The van der Waals surface area contributed by atoms with Crippen LogP contribution in [0.5, 0.6) is 0 Å². The number of nitrogens with two attached hydrogens (primary N) is 1. The highest BCUT2D eigenvalue weighted by molar-refractivity contribution is 5.86. The Labute approximate surface area is 114 Å². The minimum Gasteiger partial charge on any atom is -0.391 e. The van der Waals surface area contributed by atoms with Crippen molar-refractivity contribution in [1.82, 2.24) is 5.32 Å². The Morgan fingerprint density at radius 2 is 1.95 bits per heavy atom. The van der Waals surface area contributed by atoms with E-state index >= 15 is 0 Å². The summed E-state index contributed by atoms with van der Waals surface area (Å²) in [6.45, 7) is 0.257. The van der Waals surface area contributed by atoms with Crippen LogP contribution in [0, 0.1) is 0 Å². The summed E-state index contributed by atoms with van der Waals surface area (Å²) in [4.78, 5) is 12.0. The molecule has 1 amide bonds. The van der Waals surface area contributed by atoms with Crippen LogP contribution in [0.15, 0.2) is 30.3 Å². The van der Waals surface area contributed by atoms with Crippen LogP contribution in [0.25, 0.3) is 0 Å². The molecule has 0 aliphatic heterocycles. The summed E-state index contributed by atoms with van der Waals surface area (Å²) in [5, 5.41) is 12.7. The first kappa shape index (κ1) is 14.0. The lowest BCUT2D eigenvalue weighted by atomic mass is 9.98. The predicted octanol–water partition coefficient (Wildman–Crippen LogP) is 0.978. The maximum atomic E-state index is 12.0. The quantitative estimate of drug-likeness (QED) is 0.740. The Bertz CT molecular complexity index is 413. The number of carbonyl (C=O) groups excluding carboxylic acids is 1. The second-order valence-electron chi connectivity index (χ2n) is 5.42. The van der Waals surface area contributed by atoms with E-state index in [1.54, 1.807) is 0 Å². The largest absolute Gasteiger partial charge is 0.391 e. The Balaban J connectivity index is 1.77. The van der Waals surface area contributed by atoms with Crippen molar-refractivity contribution < 1.29 is 9.90 Å². The third-order valence-electron chi connectivity index (χ3n) is 3.76. The molecule has 4 nitrogen and oxygen atoms in total. The van der Waals surface area contributed by atoms with Crippen molar-refractivity contribution in [3.8, 4) is 0 Å². The Kier molecular flexibility index (Phi) is 4.56. The van der Waals surface area contributed by atoms with Crippen LogP contribution >= 0.6 is 0 Å². The van der Waals surface area contributed by atoms with Gasteiger partial charge >= 0.3 is 0 Å². The summed E-state index contributed by atoms with van der Waals surface area (Å²) in [6, 6.07) is 9.75. The van der Waals surface area contributed by atoms with Crippen LogP contribution in [0.1, 0.15) is 31.2 Å². The summed E-state index contributed by atoms with van der Waals surface area (Å²) in [5.41, 5.74) is 6.39. The average Bonchev–Trinajstić information content (AvgIpc) is 2.85. The number of rotatable bonds is 5. The van der Waals surface area contributed by atoms with E-state index in [1.165, 1.54) is 0 Å². The number of aliphatic hydroxyl groups excluding tert-OH is 1. The third-order valence-corrected chi connectivity index (χ3v) is 3.76. The average molecular weight is 262 g/mol. The molecule has 0 spiro atoms. The van der Waals surface area contributed by atoms with Gasteiger partial charge < -0.3 is 16.2 Å². The first-order chi connectivity index (χ1) is 9.10. The lowest BCUT2D eigenvalue weighted by Crippen LogP contribution is -2.53. The summed E-state index contributed by atoms with van der Waals surface area (Å²) in [6.07, 6.45) is 3.48. The summed E-state index contributed by atoms with van der Waals surface area (Å²) in [7, 11) is 0. The molecular formula is C15H22N2O2. The van der Waals surface area contributed by atoms with Crippen molar-refractivity contribution >= 4 is 5.91 Å². The van der Waals surface area contributed by atoms with Crippen LogP contribution in [0.4, 0.5) is 0 Å². The Hall–Kier alpha value is -1.39. The van der Waals surface area contributed by atoms with Gasteiger partial charge in [0.15, 0.2) is 0 Å². The highest BCUT2D eigenvalue weighted by Crippen LogP contribution is 2.27. The molecule has 0 radical (unpaired) electrons. The molecule has 1 fully saturated rings. The minimum atomic E-state index is -0.716. The van der Waals surface area contributed by atoms with E-state index < -0.39 is 11.6 Å². The van der Waals surface area contributed by atoms with Crippen molar-refractivity contribution in [3.05, 3.63) is 35.9 Å². The molecule has 1 aromatic carbocycles. The molecule has 1 unspecified atom stereocenters. The highest BCUT2D eigenvalue weighted by Gasteiger charge is 2.36. The topological polar surface area (TPSA) is 75.4 Å². The molecule has 19 heavy (non-hydrogen) atoms. The predicted molar refractivity (Wildman–Crippen MR) is 74.5 cm³/mol. The van der Waals surface area contributed by atoms with Gasteiger partial charge in [-0.25, -0.2) is 0 Å². The lowest BCUT2D eigenvalue weighted by Gasteiger charge is -2.23. The molecule has 4 heteroatoms. The summed E-state index contributed by atoms with van der Waals surface area (Å²) >= 11 is 0. The molecule has 104 valence electrons. The zero-order chi connectivity index (χ0) is 13.7. The molecule has 1 aliphatic carbocycles. The molecule has 0 aromatic heterocycles. The van der Waals surface area contributed by atoms with Crippen molar-refractivity contribution in [3.63, 3.8) is 0 Å². The zero-order valence-corrected chi connectivity index (χ0v) is 11.1. The molecule has 4 N–H and O–H groups in total. The molecular weight excluding hydrogens is 240 g/mol. The van der Waals surface area contributed by atoms with E-state index in [4.69, 9.17) is 5.73 Å². The summed E-state index contributed by atoms with van der Waals surface area (Å²) in [5.74, 6) is -0.128. The number of aliphatic hydroxyl groups is 1. The lowest BCUT2D eigenvalue weighted by molar-refractivity contribution is -0.126. The van der Waals surface area contributed by atoms with E-state index in [-0.39, 0.29) is 12.5 Å². The van der Waals surface area contributed by atoms with Crippen LogP contribution in [-0.4, -0.2) is 29.2 Å². The van der Waals surface area contributed by atoms with Gasteiger partial charge in [-0.2, -0.15) is 0 Å². The van der Waals surface area contributed by atoms with Crippen molar-refractivity contribution in [2.45, 2.75) is 43.7 Å². The van der Waals surface area contributed by atoms with Crippen LogP contribution in [0.2, 0.25) is 0 Å². The fourth-order valence-corrected chi connectivity index (χ4v) is 2.58. The minimum absolute atomic E-state index is 0.128. The van der Waals surface area contributed by atoms with Crippen molar-refractivity contribution in [1.29, 1.82) is 0 Å². The van der Waals surface area contributed by atoms with Crippen molar-refractivity contribution in [2.75, 3.05) is 6.54 Å². The first-order valence-electron chi connectivity index (χ1n) is 6.89. The molecule has 0 saturated heterocycles. The number of hydrogen-bond acceptors (Lipinski definition) is 3. The first-order valence-corrected chi connectivity index (χ1v) is 6.89. The monoisotopic (exact) mass is 262 g/mol. The molecule has 1 saturated carbocycles. The van der Waals surface area contributed by atoms with Gasteiger partial charge in [0.05, 0.1) is 11.6 Å². The number of amides is 1. The SMILES string of the molecule is NC1(C(=O)NCC(O)Cc2ccccc2)CCCC1. The van der Waals surface area contributed by atoms with E-state index in [9.17, 15) is 9.90 Å². The van der Waals surface area contributed by atoms with Gasteiger partial charge in [0.2, 0.25) is 5.91 Å². The number of hydrogen-bond donors (Lipinski definition) is 3. The van der Waals surface area contributed by atoms with E-state index in [0.29, 0.717) is 6.42 Å². The maximum Gasteiger partial charge on any atom is 0.240 e. The van der Waals surface area contributed by atoms with Gasteiger partial charge in [0, 0.05) is 13.0 Å². The second-order valence-corrected chi connectivity index (χ2v) is 5.42. The number of nitrogens with one attached hydrogen (secondary N) is 1. The van der Waals surface area contributed by atoms with E-state index in [2.05, 4.69) is 5.32 Å². The maximum absolute atomic E-state index is 12.0. The molecule has 1 atom stereocenters. The van der Waals surface area contributed by atoms with Gasteiger partial charge in [0.25, 0.3) is 0 Å². The molecule has 1 aromatic rings. The fourth-order valence-electron chi connectivity index (χ4n) is 2.58. The smallest absolute Gasteiger partial charge is 0.240 e. The van der Waals surface area contributed by atoms with Gasteiger partial charge in [-0.05, 0) is 18.4 Å². The van der Waals surface area contributed by atoms with Gasteiger partial charge in [-0.1, -0.05) is 43.2 Å². The standard InChI is InChI=1S/C15H22N2O2/c16-15(8-4-5-9-15)14(19)17-11-13(18)10-12-6-2-1-3-7-12/h1-3,6-7,13,18H,4-5,8-11,16H2,(H,17,19). The normalized spacial score (nSPS) is 19.1. The van der Waals surface area contributed by atoms with Gasteiger partial charge in [0.1, 0.15) is 0 Å². The number of benzene rings is 1. The van der Waals surface area contributed by atoms with Gasteiger partial charge in [-0.15, -0.1) is 0 Å². The zero-order valence-electron chi connectivity index (χ0n) is 11.1. The summed E-state index contributed by atoms with van der Waals surface area (Å²) < 4.78 is 0. The Morgan fingerprint density at radius 3 is 2.58 bits per heavy atom. The van der Waals surface area contributed by atoms with Crippen molar-refractivity contribution in [2.24, 2.45) is 5.73 Å². The van der Waals surface area contributed by atoms with Crippen LogP contribution in [0.3, 0.4) is 0 Å². The van der Waals surface area contributed by atoms with E-state index in [0.717, 1.165) is 31.2 Å². The van der Waals surface area contributed by atoms with Gasteiger partial charge in [-0.3, -0.25) is 4.79 Å².